The molecule has 4 heteroatoms. The largest absolute Gasteiger partial charge is 0.342 e. The highest BCUT2D eigenvalue weighted by atomic mass is 19.1. The van der Waals surface area contributed by atoms with Crippen molar-refractivity contribution in [3.8, 4) is 0 Å². The van der Waals surface area contributed by atoms with Crippen molar-refractivity contribution in [2.24, 2.45) is 5.73 Å². The van der Waals surface area contributed by atoms with Crippen molar-refractivity contribution in [2.45, 2.75) is 19.4 Å². The third kappa shape index (κ3) is 2.96. The molecule has 2 aromatic rings. The minimum atomic E-state index is -0.310. The molecule has 0 spiro atoms. The molecular weight excluding hydrogens is 255 g/mol. The van der Waals surface area contributed by atoms with E-state index in [1.165, 1.54) is 6.07 Å². The summed E-state index contributed by atoms with van der Waals surface area (Å²) in [4.78, 5) is 14.1. The molecule has 2 N–H and O–H groups in total. The lowest BCUT2D eigenvalue weighted by Crippen LogP contribution is -2.31. The van der Waals surface area contributed by atoms with Gasteiger partial charge in [0, 0.05) is 30.6 Å². The van der Waals surface area contributed by atoms with Gasteiger partial charge in [-0.1, -0.05) is 24.3 Å². The van der Waals surface area contributed by atoms with Gasteiger partial charge in [0.1, 0.15) is 5.82 Å². The van der Waals surface area contributed by atoms with Gasteiger partial charge in [-0.15, -0.1) is 0 Å². The van der Waals surface area contributed by atoms with E-state index in [9.17, 15) is 9.18 Å². The summed E-state index contributed by atoms with van der Waals surface area (Å²) in [6.45, 7) is 2.49. The topological polar surface area (TPSA) is 46.3 Å². The van der Waals surface area contributed by atoms with Crippen LogP contribution < -0.4 is 5.73 Å². The molecule has 1 atom stereocenters. The molecule has 0 fully saturated rings. The maximum atomic E-state index is 13.7. The van der Waals surface area contributed by atoms with E-state index >= 15 is 0 Å². The minimum absolute atomic E-state index is 0.0511. The van der Waals surface area contributed by atoms with Crippen LogP contribution in [0.3, 0.4) is 0 Å². The second kappa shape index (κ2) is 6.01. The Kier molecular flexibility index (Phi) is 4.35. The van der Waals surface area contributed by atoms with E-state index in [-0.39, 0.29) is 17.8 Å². The number of carbonyl (C=O) groups excluding carboxylic acids is 1. The number of nitrogens with zero attached hydrogens (tertiary/aromatic N) is 1. The van der Waals surface area contributed by atoms with Crippen molar-refractivity contribution in [2.75, 3.05) is 13.6 Å². The van der Waals surface area contributed by atoms with Gasteiger partial charge in [0.05, 0.1) is 0 Å². The van der Waals surface area contributed by atoms with E-state index in [0.717, 1.165) is 6.42 Å². The molecule has 2 aromatic carbocycles. The lowest BCUT2D eigenvalue weighted by Gasteiger charge is -2.19. The zero-order valence-electron chi connectivity index (χ0n) is 11.8. The summed E-state index contributed by atoms with van der Waals surface area (Å²) in [6.07, 6.45) is 0.737. The van der Waals surface area contributed by atoms with E-state index in [4.69, 9.17) is 5.73 Å². The van der Waals surface area contributed by atoms with Gasteiger partial charge in [0.15, 0.2) is 0 Å². The number of benzene rings is 2. The van der Waals surface area contributed by atoms with Gasteiger partial charge in [-0.05, 0) is 30.9 Å². The molecule has 106 valence electrons. The quantitative estimate of drug-likeness (QED) is 0.932. The van der Waals surface area contributed by atoms with Crippen LogP contribution in [0.15, 0.2) is 36.4 Å². The highest BCUT2D eigenvalue weighted by molar-refractivity contribution is 6.07. The normalized spacial score (nSPS) is 12.4. The van der Waals surface area contributed by atoms with Crippen LogP contribution in [0, 0.1) is 5.82 Å². The molecule has 0 aliphatic rings. The first-order chi connectivity index (χ1) is 9.50. The summed E-state index contributed by atoms with van der Waals surface area (Å²) in [5, 5.41) is 1.11. The SMILES string of the molecule is CC(N)CCN(C)C(=O)c1ccc(F)c2ccccc12. The van der Waals surface area contributed by atoms with Crippen molar-refractivity contribution in [3.63, 3.8) is 0 Å². The van der Waals surface area contributed by atoms with Gasteiger partial charge >= 0.3 is 0 Å². The number of halogens is 1. The fraction of sp³-hybridized carbons (Fsp3) is 0.312. The molecule has 0 saturated heterocycles. The van der Waals surface area contributed by atoms with Crippen LogP contribution in [0.1, 0.15) is 23.7 Å². The Hall–Kier alpha value is -1.94. The van der Waals surface area contributed by atoms with Gasteiger partial charge < -0.3 is 10.6 Å². The fourth-order valence-electron chi connectivity index (χ4n) is 2.15. The van der Waals surface area contributed by atoms with Gasteiger partial charge in [-0.2, -0.15) is 0 Å². The fourth-order valence-corrected chi connectivity index (χ4v) is 2.15. The van der Waals surface area contributed by atoms with Crippen LogP contribution in [-0.4, -0.2) is 30.4 Å². The summed E-state index contributed by atoms with van der Waals surface area (Å²) in [7, 11) is 1.74. The van der Waals surface area contributed by atoms with E-state index in [1.807, 2.05) is 6.92 Å². The van der Waals surface area contributed by atoms with Crippen LogP contribution in [0.25, 0.3) is 10.8 Å². The van der Waals surface area contributed by atoms with Crippen LogP contribution in [-0.2, 0) is 0 Å². The zero-order chi connectivity index (χ0) is 14.7. The van der Waals surface area contributed by atoms with E-state index < -0.39 is 0 Å². The number of fused-ring (bicyclic) bond motifs is 1. The maximum absolute atomic E-state index is 13.7. The van der Waals surface area contributed by atoms with Gasteiger partial charge in [-0.3, -0.25) is 4.79 Å². The molecule has 3 nitrogen and oxygen atoms in total. The molecular formula is C16H19FN2O. The number of nitrogens with two attached hydrogens (primary N) is 1. The molecule has 20 heavy (non-hydrogen) atoms. The molecule has 0 bridgehead atoms. The summed E-state index contributed by atoms with van der Waals surface area (Å²) in [5.74, 6) is -0.419. The molecule has 0 aromatic heterocycles. The standard InChI is InChI=1S/C16H19FN2O/c1-11(18)9-10-19(2)16(20)14-7-8-15(17)13-6-4-3-5-12(13)14/h3-8,11H,9-10,18H2,1-2H3. The summed E-state index contributed by atoms with van der Waals surface area (Å²) >= 11 is 0. The van der Waals surface area contributed by atoms with Crippen LogP contribution >= 0.6 is 0 Å². The molecule has 1 amide bonds. The average molecular weight is 274 g/mol. The van der Waals surface area contributed by atoms with Crippen molar-refractivity contribution >= 4 is 16.7 Å². The summed E-state index contributed by atoms with van der Waals surface area (Å²) < 4.78 is 13.7. The average Bonchev–Trinajstić information content (AvgIpc) is 2.44. The first-order valence-electron chi connectivity index (χ1n) is 6.69. The predicted octanol–water partition coefficient (Wildman–Crippen LogP) is 2.79. The van der Waals surface area contributed by atoms with E-state index in [2.05, 4.69) is 0 Å². The van der Waals surface area contributed by atoms with E-state index in [0.29, 0.717) is 22.9 Å². The Bertz CT molecular complexity index is 625. The Labute approximate surface area is 118 Å². The molecule has 1 unspecified atom stereocenters. The first-order valence-corrected chi connectivity index (χ1v) is 6.69. The predicted molar refractivity (Wildman–Crippen MR) is 79.1 cm³/mol. The summed E-state index contributed by atoms with van der Waals surface area (Å²) in [6, 6.07) is 9.96. The number of amides is 1. The smallest absolute Gasteiger partial charge is 0.254 e. The molecule has 0 saturated carbocycles. The van der Waals surface area contributed by atoms with E-state index in [1.54, 1.807) is 42.3 Å². The third-order valence-corrected chi connectivity index (χ3v) is 3.37. The molecule has 0 aliphatic carbocycles. The monoisotopic (exact) mass is 274 g/mol. The first kappa shape index (κ1) is 14.5. The maximum Gasteiger partial charge on any atom is 0.254 e. The van der Waals surface area contributed by atoms with Gasteiger partial charge in [0.25, 0.3) is 5.91 Å². The molecule has 0 radical (unpaired) electrons. The zero-order valence-corrected chi connectivity index (χ0v) is 11.8. The van der Waals surface area contributed by atoms with Crippen molar-refractivity contribution < 1.29 is 9.18 Å². The Morgan fingerprint density at radius 1 is 1.25 bits per heavy atom. The van der Waals surface area contributed by atoms with Crippen LogP contribution in [0.5, 0.6) is 0 Å². The highest BCUT2D eigenvalue weighted by Gasteiger charge is 2.16. The second-order valence-corrected chi connectivity index (χ2v) is 5.13. The Morgan fingerprint density at radius 2 is 1.90 bits per heavy atom. The lowest BCUT2D eigenvalue weighted by atomic mass is 10.0. The number of carbonyl (C=O) groups is 1. The van der Waals surface area contributed by atoms with Gasteiger partial charge in [0.2, 0.25) is 0 Å². The highest BCUT2D eigenvalue weighted by Crippen LogP contribution is 2.22. The van der Waals surface area contributed by atoms with Crippen LogP contribution in [0.4, 0.5) is 4.39 Å². The minimum Gasteiger partial charge on any atom is -0.342 e. The number of rotatable bonds is 4. The molecule has 0 aliphatic heterocycles. The lowest BCUT2D eigenvalue weighted by molar-refractivity contribution is 0.0794. The number of hydrogen-bond donors (Lipinski definition) is 1. The second-order valence-electron chi connectivity index (χ2n) is 5.13. The van der Waals surface area contributed by atoms with Crippen LogP contribution in [0.2, 0.25) is 0 Å². The number of hydrogen-bond acceptors (Lipinski definition) is 2. The Balaban J connectivity index is 2.33. The van der Waals surface area contributed by atoms with Crippen molar-refractivity contribution in [3.05, 3.63) is 47.8 Å². The van der Waals surface area contributed by atoms with Crippen molar-refractivity contribution in [1.29, 1.82) is 0 Å². The van der Waals surface area contributed by atoms with Crippen molar-refractivity contribution in [1.82, 2.24) is 4.90 Å². The van der Waals surface area contributed by atoms with Gasteiger partial charge in [-0.25, -0.2) is 4.39 Å². The molecule has 2 rings (SSSR count). The third-order valence-electron chi connectivity index (χ3n) is 3.37. The summed E-state index contributed by atoms with van der Waals surface area (Å²) in [5.41, 5.74) is 6.22. The molecule has 0 heterocycles. The Morgan fingerprint density at radius 3 is 2.55 bits per heavy atom.